The Balaban J connectivity index is 2.58. The van der Waals surface area contributed by atoms with Crippen molar-refractivity contribution in [3.63, 3.8) is 0 Å². The third kappa shape index (κ3) is 2.00. The molecule has 1 nitrogen and oxygen atoms in total. The minimum atomic E-state index is -0.801. The first kappa shape index (κ1) is 10.5. The molecular formula is C12H7F3O. The first-order chi connectivity index (χ1) is 7.56. The summed E-state index contributed by atoms with van der Waals surface area (Å²) in [5.74, 6) is -2.50. The third-order valence-corrected chi connectivity index (χ3v) is 2.12. The highest BCUT2D eigenvalue weighted by atomic mass is 19.1. The van der Waals surface area contributed by atoms with E-state index in [0.717, 1.165) is 18.2 Å². The lowest BCUT2D eigenvalue weighted by molar-refractivity contribution is 0.469. The van der Waals surface area contributed by atoms with Gasteiger partial charge in [-0.2, -0.15) is 0 Å². The van der Waals surface area contributed by atoms with Crippen LogP contribution in [0.25, 0.3) is 11.1 Å². The lowest BCUT2D eigenvalue weighted by Gasteiger charge is -2.04. The van der Waals surface area contributed by atoms with Crippen LogP contribution in [0.1, 0.15) is 0 Å². The summed E-state index contributed by atoms with van der Waals surface area (Å²) >= 11 is 0. The van der Waals surface area contributed by atoms with Crippen molar-refractivity contribution in [3.05, 3.63) is 53.8 Å². The summed E-state index contributed by atoms with van der Waals surface area (Å²) in [7, 11) is 0. The molecule has 2 rings (SSSR count). The Bertz CT molecular complexity index is 518. The van der Waals surface area contributed by atoms with Crippen molar-refractivity contribution in [3.8, 4) is 16.9 Å². The molecule has 82 valence electrons. The lowest BCUT2D eigenvalue weighted by atomic mass is 10.0. The molecule has 0 heterocycles. The highest BCUT2D eigenvalue weighted by Crippen LogP contribution is 2.27. The van der Waals surface area contributed by atoms with Crippen molar-refractivity contribution >= 4 is 0 Å². The standard InChI is InChI=1S/C12H7F3O/c13-8-1-2-11(12(15)6-8)7-3-9(14)5-10(16)4-7/h1-6,16H. The maximum atomic E-state index is 13.4. The van der Waals surface area contributed by atoms with Crippen molar-refractivity contribution < 1.29 is 18.3 Å². The number of aromatic hydroxyl groups is 1. The summed E-state index contributed by atoms with van der Waals surface area (Å²) < 4.78 is 39.0. The van der Waals surface area contributed by atoms with Crippen LogP contribution in [0.2, 0.25) is 0 Å². The van der Waals surface area contributed by atoms with Crippen LogP contribution in [0.3, 0.4) is 0 Å². The van der Waals surface area contributed by atoms with Gasteiger partial charge in [0.05, 0.1) is 0 Å². The van der Waals surface area contributed by atoms with Gasteiger partial charge in [0.15, 0.2) is 0 Å². The fourth-order valence-corrected chi connectivity index (χ4v) is 1.45. The monoisotopic (exact) mass is 224 g/mol. The summed E-state index contributed by atoms with van der Waals surface area (Å²) in [5, 5.41) is 9.16. The van der Waals surface area contributed by atoms with Crippen molar-refractivity contribution in [2.45, 2.75) is 0 Å². The molecule has 0 saturated carbocycles. The molecule has 2 aromatic carbocycles. The fraction of sp³-hybridized carbons (Fsp3) is 0. The van der Waals surface area contributed by atoms with Gasteiger partial charge in [-0.3, -0.25) is 0 Å². The number of hydrogen-bond acceptors (Lipinski definition) is 1. The van der Waals surface area contributed by atoms with E-state index in [2.05, 4.69) is 0 Å². The second kappa shape index (κ2) is 3.89. The predicted octanol–water partition coefficient (Wildman–Crippen LogP) is 3.48. The topological polar surface area (TPSA) is 20.2 Å². The quantitative estimate of drug-likeness (QED) is 0.786. The van der Waals surface area contributed by atoms with Gasteiger partial charge >= 0.3 is 0 Å². The molecule has 0 aliphatic heterocycles. The van der Waals surface area contributed by atoms with Crippen LogP contribution in [0.5, 0.6) is 5.75 Å². The first-order valence-electron chi connectivity index (χ1n) is 4.51. The first-order valence-corrected chi connectivity index (χ1v) is 4.51. The van der Waals surface area contributed by atoms with Gasteiger partial charge in [-0.1, -0.05) is 0 Å². The maximum Gasteiger partial charge on any atom is 0.133 e. The largest absolute Gasteiger partial charge is 0.508 e. The second-order valence-corrected chi connectivity index (χ2v) is 3.32. The molecule has 0 fully saturated rings. The van der Waals surface area contributed by atoms with Gasteiger partial charge in [-0.05, 0) is 29.8 Å². The van der Waals surface area contributed by atoms with Crippen LogP contribution in [0, 0.1) is 17.5 Å². The summed E-state index contributed by atoms with van der Waals surface area (Å²) in [4.78, 5) is 0. The predicted molar refractivity (Wildman–Crippen MR) is 53.4 cm³/mol. The Labute approximate surface area is 89.8 Å². The Morgan fingerprint density at radius 2 is 1.56 bits per heavy atom. The number of rotatable bonds is 1. The SMILES string of the molecule is Oc1cc(F)cc(-c2ccc(F)cc2F)c1. The Hall–Kier alpha value is -1.97. The molecule has 4 heteroatoms. The average molecular weight is 224 g/mol. The van der Waals surface area contributed by atoms with Crippen LogP contribution in [0.15, 0.2) is 36.4 Å². The third-order valence-electron chi connectivity index (χ3n) is 2.12. The van der Waals surface area contributed by atoms with Gasteiger partial charge in [0, 0.05) is 17.7 Å². The van der Waals surface area contributed by atoms with Crippen molar-refractivity contribution in [2.24, 2.45) is 0 Å². The van der Waals surface area contributed by atoms with E-state index in [-0.39, 0.29) is 16.9 Å². The number of halogens is 3. The van der Waals surface area contributed by atoms with E-state index in [1.54, 1.807) is 0 Å². The summed E-state index contributed by atoms with van der Waals surface area (Å²) in [6.07, 6.45) is 0. The van der Waals surface area contributed by atoms with Gasteiger partial charge in [0.25, 0.3) is 0 Å². The Kier molecular flexibility index (Phi) is 2.56. The fourth-order valence-electron chi connectivity index (χ4n) is 1.45. The minimum absolute atomic E-state index is 0.0381. The zero-order valence-corrected chi connectivity index (χ0v) is 8.05. The van der Waals surface area contributed by atoms with E-state index in [9.17, 15) is 13.2 Å². The summed E-state index contributed by atoms with van der Waals surface area (Å²) in [6, 6.07) is 6.15. The van der Waals surface area contributed by atoms with E-state index in [1.165, 1.54) is 12.1 Å². The molecule has 0 aliphatic rings. The molecule has 1 N–H and O–H groups in total. The molecule has 0 aliphatic carbocycles. The van der Waals surface area contributed by atoms with Crippen molar-refractivity contribution in [1.82, 2.24) is 0 Å². The molecule has 0 atom stereocenters. The van der Waals surface area contributed by atoms with Crippen LogP contribution >= 0.6 is 0 Å². The number of phenolic OH excluding ortho intramolecular Hbond substituents is 1. The molecule has 0 unspecified atom stereocenters. The molecule has 0 bridgehead atoms. The summed E-state index contributed by atoms with van der Waals surface area (Å²) in [6.45, 7) is 0. The molecule has 0 spiro atoms. The molecule has 0 saturated heterocycles. The van der Waals surface area contributed by atoms with E-state index < -0.39 is 17.5 Å². The molecular weight excluding hydrogens is 217 g/mol. The van der Waals surface area contributed by atoms with Crippen LogP contribution in [-0.4, -0.2) is 5.11 Å². The van der Waals surface area contributed by atoms with Gasteiger partial charge in [-0.15, -0.1) is 0 Å². The summed E-state index contributed by atoms with van der Waals surface area (Å²) in [5.41, 5.74) is 0.200. The van der Waals surface area contributed by atoms with E-state index in [0.29, 0.717) is 6.07 Å². The lowest BCUT2D eigenvalue weighted by Crippen LogP contribution is -1.87. The van der Waals surface area contributed by atoms with Crippen LogP contribution in [0.4, 0.5) is 13.2 Å². The molecule has 2 aromatic rings. The molecule has 0 amide bonds. The number of hydrogen-bond donors (Lipinski definition) is 1. The van der Waals surface area contributed by atoms with Crippen LogP contribution in [-0.2, 0) is 0 Å². The number of benzene rings is 2. The highest BCUT2D eigenvalue weighted by molar-refractivity contribution is 5.65. The van der Waals surface area contributed by atoms with Gasteiger partial charge < -0.3 is 5.11 Å². The highest BCUT2D eigenvalue weighted by Gasteiger charge is 2.08. The smallest absolute Gasteiger partial charge is 0.133 e. The minimum Gasteiger partial charge on any atom is -0.508 e. The van der Waals surface area contributed by atoms with E-state index in [1.807, 2.05) is 0 Å². The van der Waals surface area contributed by atoms with Crippen molar-refractivity contribution in [2.75, 3.05) is 0 Å². The van der Waals surface area contributed by atoms with Gasteiger partial charge in [0.2, 0.25) is 0 Å². The average Bonchev–Trinajstić information content (AvgIpc) is 2.15. The second-order valence-electron chi connectivity index (χ2n) is 3.32. The normalized spacial score (nSPS) is 10.4. The zero-order chi connectivity index (χ0) is 11.7. The molecule has 0 radical (unpaired) electrons. The van der Waals surface area contributed by atoms with E-state index in [4.69, 9.17) is 5.11 Å². The zero-order valence-electron chi connectivity index (χ0n) is 8.05. The Morgan fingerprint density at radius 1 is 0.812 bits per heavy atom. The van der Waals surface area contributed by atoms with E-state index >= 15 is 0 Å². The van der Waals surface area contributed by atoms with Gasteiger partial charge in [0.1, 0.15) is 23.2 Å². The Morgan fingerprint density at radius 3 is 2.19 bits per heavy atom. The maximum absolute atomic E-state index is 13.4. The molecule has 16 heavy (non-hydrogen) atoms. The van der Waals surface area contributed by atoms with Crippen molar-refractivity contribution in [1.29, 1.82) is 0 Å². The van der Waals surface area contributed by atoms with Gasteiger partial charge in [-0.25, -0.2) is 13.2 Å². The number of phenols is 1. The molecule has 0 aromatic heterocycles. The van der Waals surface area contributed by atoms with Crippen LogP contribution < -0.4 is 0 Å².